The average Bonchev–Trinajstić information content (AvgIpc) is 2.68. The highest BCUT2D eigenvalue weighted by atomic mass is 16.6. The first-order valence-corrected chi connectivity index (χ1v) is 8.25. The summed E-state index contributed by atoms with van der Waals surface area (Å²) >= 11 is 0. The Morgan fingerprint density at radius 1 is 0.885 bits per heavy atom. The molecule has 0 heterocycles. The first-order valence-electron chi connectivity index (χ1n) is 8.25. The van der Waals surface area contributed by atoms with Gasteiger partial charge in [0.1, 0.15) is 0 Å². The molecule has 130 valence electrons. The number of carbonyl (C=O) groups is 1. The highest BCUT2D eigenvalue weighted by Crippen LogP contribution is 2.22. The lowest BCUT2D eigenvalue weighted by molar-refractivity contribution is -0.384. The molecule has 0 saturated carbocycles. The molecular formula is C21H18N2O3. The zero-order valence-corrected chi connectivity index (χ0v) is 14.3. The Bertz CT molecular complexity index is 904. The second-order valence-corrected chi connectivity index (χ2v) is 5.99. The molecule has 0 fully saturated rings. The smallest absolute Gasteiger partial charge is 0.269 e. The van der Waals surface area contributed by atoms with Crippen LogP contribution in [0, 0.1) is 10.1 Å². The van der Waals surface area contributed by atoms with Crippen LogP contribution in [0.5, 0.6) is 0 Å². The van der Waals surface area contributed by atoms with E-state index < -0.39 is 4.92 Å². The number of non-ortho nitro benzene ring substituents is 1. The van der Waals surface area contributed by atoms with Gasteiger partial charge < -0.3 is 5.32 Å². The van der Waals surface area contributed by atoms with Crippen molar-refractivity contribution in [2.24, 2.45) is 0 Å². The zero-order valence-electron chi connectivity index (χ0n) is 14.3. The van der Waals surface area contributed by atoms with E-state index in [1.54, 1.807) is 0 Å². The summed E-state index contributed by atoms with van der Waals surface area (Å²) < 4.78 is 0. The lowest BCUT2D eigenvalue weighted by Crippen LogP contribution is -2.26. The molecule has 1 N–H and O–H groups in total. The normalized spacial score (nSPS) is 11.6. The lowest BCUT2D eigenvalue weighted by Gasteiger charge is -2.15. The van der Waals surface area contributed by atoms with Crippen molar-refractivity contribution in [1.29, 1.82) is 0 Å². The predicted octanol–water partition coefficient (Wildman–Crippen LogP) is 4.75. The number of hydrogen-bond donors (Lipinski definition) is 1. The first kappa shape index (κ1) is 17.4. The van der Waals surface area contributed by atoms with Gasteiger partial charge in [0, 0.05) is 17.7 Å². The maximum absolute atomic E-state index is 12.3. The van der Waals surface area contributed by atoms with E-state index in [2.05, 4.69) is 17.4 Å². The molecular weight excluding hydrogens is 328 g/mol. The molecule has 26 heavy (non-hydrogen) atoms. The topological polar surface area (TPSA) is 72.2 Å². The largest absolute Gasteiger partial charge is 0.346 e. The molecule has 0 aliphatic carbocycles. The molecule has 0 radical (unpaired) electrons. The van der Waals surface area contributed by atoms with Gasteiger partial charge in [0.25, 0.3) is 11.6 Å². The van der Waals surface area contributed by atoms with Crippen molar-refractivity contribution in [3.05, 3.63) is 100 Å². The minimum Gasteiger partial charge on any atom is -0.346 e. The molecule has 5 nitrogen and oxygen atoms in total. The van der Waals surface area contributed by atoms with Gasteiger partial charge in [-0.2, -0.15) is 0 Å². The second-order valence-electron chi connectivity index (χ2n) is 5.99. The Labute approximate surface area is 151 Å². The highest BCUT2D eigenvalue weighted by Gasteiger charge is 2.13. The van der Waals surface area contributed by atoms with E-state index in [9.17, 15) is 14.9 Å². The third-order valence-electron chi connectivity index (χ3n) is 4.21. The summed E-state index contributed by atoms with van der Waals surface area (Å²) in [6.07, 6.45) is 0. The highest BCUT2D eigenvalue weighted by molar-refractivity contribution is 5.94. The molecule has 0 saturated heterocycles. The molecule has 5 heteroatoms. The van der Waals surface area contributed by atoms with Crippen LogP contribution in [0.2, 0.25) is 0 Å². The molecule has 3 aromatic rings. The molecule has 0 bridgehead atoms. The Morgan fingerprint density at radius 2 is 1.46 bits per heavy atom. The van der Waals surface area contributed by atoms with Crippen LogP contribution in [0.4, 0.5) is 5.69 Å². The van der Waals surface area contributed by atoms with Crippen molar-refractivity contribution in [1.82, 2.24) is 5.32 Å². The van der Waals surface area contributed by atoms with Gasteiger partial charge in [-0.3, -0.25) is 14.9 Å². The van der Waals surface area contributed by atoms with E-state index in [1.807, 2.05) is 49.4 Å². The lowest BCUT2D eigenvalue weighted by atomic mass is 10.0. The monoisotopic (exact) mass is 346 g/mol. The van der Waals surface area contributed by atoms with Crippen molar-refractivity contribution in [2.75, 3.05) is 0 Å². The fourth-order valence-electron chi connectivity index (χ4n) is 2.69. The maximum Gasteiger partial charge on any atom is 0.269 e. The van der Waals surface area contributed by atoms with Crippen LogP contribution < -0.4 is 5.32 Å². The summed E-state index contributed by atoms with van der Waals surface area (Å²) in [5, 5.41) is 13.6. The standard InChI is InChI=1S/C21H18N2O3/c1-15(22-21(24)19-11-13-20(14-12-19)23(25)26)16-7-9-18(10-8-16)17-5-3-2-4-6-17/h2-15H,1H3,(H,22,24)/t15-/m0/s1. The number of nitrogens with zero attached hydrogens (tertiary/aromatic N) is 1. The van der Waals surface area contributed by atoms with E-state index in [0.717, 1.165) is 16.7 Å². The fraction of sp³-hybridized carbons (Fsp3) is 0.0952. The number of nitro benzene ring substituents is 1. The summed E-state index contributed by atoms with van der Waals surface area (Å²) in [5.41, 5.74) is 3.60. The zero-order chi connectivity index (χ0) is 18.5. The van der Waals surface area contributed by atoms with E-state index >= 15 is 0 Å². The van der Waals surface area contributed by atoms with Gasteiger partial charge in [0.05, 0.1) is 11.0 Å². The van der Waals surface area contributed by atoms with Gasteiger partial charge in [-0.15, -0.1) is 0 Å². The van der Waals surface area contributed by atoms with Crippen molar-refractivity contribution in [3.63, 3.8) is 0 Å². The Kier molecular flexibility index (Phi) is 5.08. The number of nitrogens with one attached hydrogen (secondary N) is 1. The van der Waals surface area contributed by atoms with Crippen LogP contribution in [0.25, 0.3) is 11.1 Å². The van der Waals surface area contributed by atoms with Gasteiger partial charge in [-0.1, -0.05) is 54.6 Å². The summed E-state index contributed by atoms with van der Waals surface area (Å²) in [6, 6.07) is 23.5. The Balaban J connectivity index is 1.68. The van der Waals surface area contributed by atoms with E-state index in [-0.39, 0.29) is 17.6 Å². The quantitative estimate of drug-likeness (QED) is 0.535. The maximum atomic E-state index is 12.3. The third kappa shape index (κ3) is 3.95. The van der Waals surface area contributed by atoms with Gasteiger partial charge in [0.15, 0.2) is 0 Å². The van der Waals surface area contributed by atoms with Gasteiger partial charge in [-0.05, 0) is 35.7 Å². The number of hydrogen-bond acceptors (Lipinski definition) is 3. The van der Waals surface area contributed by atoms with E-state index in [0.29, 0.717) is 5.56 Å². The second kappa shape index (κ2) is 7.61. The minimum absolute atomic E-state index is 0.0360. The van der Waals surface area contributed by atoms with Crippen molar-refractivity contribution in [2.45, 2.75) is 13.0 Å². The molecule has 0 aliphatic rings. The number of carbonyl (C=O) groups excluding carboxylic acids is 1. The molecule has 0 unspecified atom stereocenters. The number of rotatable bonds is 5. The molecule has 3 rings (SSSR count). The van der Waals surface area contributed by atoms with Crippen LogP contribution in [0.15, 0.2) is 78.9 Å². The van der Waals surface area contributed by atoms with Crippen LogP contribution in [0.3, 0.4) is 0 Å². The molecule has 1 amide bonds. The van der Waals surface area contributed by atoms with Gasteiger partial charge >= 0.3 is 0 Å². The van der Waals surface area contributed by atoms with Gasteiger partial charge in [0.2, 0.25) is 0 Å². The molecule has 0 spiro atoms. The summed E-state index contributed by atoms with van der Waals surface area (Å²) in [6.45, 7) is 1.90. The molecule has 0 aromatic heterocycles. The van der Waals surface area contributed by atoms with Crippen molar-refractivity contribution in [3.8, 4) is 11.1 Å². The Hall–Kier alpha value is -3.47. The molecule has 1 atom stereocenters. The first-order chi connectivity index (χ1) is 12.5. The predicted molar refractivity (Wildman–Crippen MR) is 101 cm³/mol. The van der Waals surface area contributed by atoms with Gasteiger partial charge in [-0.25, -0.2) is 0 Å². The van der Waals surface area contributed by atoms with Crippen LogP contribution in [-0.2, 0) is 0 Å². The SMILES string of the molecule is C[C@H](NC(=O)c1ccc([N+](=O)[O-])cc1)c1ccc(-c2ccccc2)cc1. The van der Waals surface area contributed by atoms with Crippen molar-refractivity contribution >= 4 is 11.6 Å². The van der Waals surface area contributed by atoms with Crippen LogP contribution >= 0.6 is 0 Å². The van der Waals surface area contributed by atoms with Crippen molar-refractivity contribution < 1.29 is 9.72 Å². The average molecular weight is 346 g/mol. The molecule has 3 aromatic carbocycles. The van der Waals surface area contributed by atoms with E-state index in [4.69, 9.17) is 0 Å². The number of nitro groups is 1. The fourth-order valence-corrected chi connectivity index (χ4v) is 2.69. The minimum atomic E-state index is -0.487. The summed E-state index contributed by atoms with van der Waals surface area (Å²) in [5.74, 6) is -0.264. The summed E-state index contributed by atoms with van der Waals surface area (Å²) in [7, 11) is 0. The third-order valence-corrected chi connectivity index (χ3v) is 4.21. The Morgan fingerprint density at radius 3 is 2.04 bits per heavy atom. The van der Waals surface area contributed by atoms with E-state index in [1.165, 1.54) is 24.3 Å². The summed E-state index contributed by atoms with van der Waals surface area (Å²) in [4.78, 5) is 22.5. The number of benzene rings is 3. The number of amides is 1. The van der Waals surface area contributed by atoms with Crippen LogP contribution in [-0.4, -0.2) is 10.8 Å². The van der Waals surface area contributed by atoms with Crippen LogP contribution in [0.1, 0.15) is 28.9 Å². The molecule has 0 aliphatic heterocycles.